The fraction of sp³-hybridized carbons (Fsp3) is 0.800. The molecule has 0 spiro atoms. The van der Waals surface area contributed by atoms with Crippen molar-refractivity contribution in [2.75, 3.05) is 0 Å². The average molecular weight is 203 g/mol. The molecule has 3 heteroatoms. The van der Waals surface area contributed by atoms with Crippen molar-refractivity contribution in [2.24, 2.45) is 5.41 Å². The Hall–Kier alpha value is -0.0500. The molecule has 74 valence electrons. The van der Waals surface area contributed by atoms with Gasteiger partial charge < -0.3 is 9.84 Å². The molecular formula is C10H15ClO2. The summed E-state index contributed by atoms with van der Waals surface area (Å²) in [7, 11) is 0. The maximum atomic E-state index is 10.00. The van der Waals surface area contributed by atoms with E-state index in [2.05, 4.69) is 0 Å². The zero-order chi connectivity index (χ0) is 9.85. The maximum absolute atomic E-state index is 10.00. The van der Waals surface area contributed by atoms with Gasteiger partial charge in [-0.15, -0.1) is 11.6 Å². The van der Waals surface area contributed by atoms with E-state index in [9.17, 15) is 5.11 Å². The van der Waals surface area contributed by atoms with Gasteiger partial charge >= 0.3 is 0 Å². The monoisotopic (exact) mass is 202 g/mol. The van der Waals surface area contributed by atoms with Crippen LogP contribution in [0.25, 0.3) is 0 Å². The van der Waals surface area contributed by atoms with Crippen molar-refractivity contribution in [1.82, 2.24) is 0 Å². The lowest BCUT2D eigenvalue weighted by Crippen LogP contribution is -2.58. The third-order valence-electron chi connectivity index (χ3n) is 3.30. The van der Waals surface area contributed by atoms with Gasteiger partial charge in [0.1, 0.15) is 5.60 Å². The van der Waals surface area contributed by atoms with Crippen molar-refractivity contribution < 1.29 is 9.84 Å². The molecule has 0 aliphatic carbocycles. The first kappa shape index (κ1) is 9.50. The fourth-order valence-corrected chi connectivity index (χ4v) is 2.50. The molecule has 0 amide bonds. The SMILES string of the molecule is CC12C=CC(O1)C(C)(C)C(O)C2Cl. The first-order chi connectivity index (χ1) is 5.88. The van der Waals surface area contributed by atoms with Crippen LogP contribution in [0.3, 0.4) is 0 Å². The Kier molecular flexibility index (Phi) is 1.83. The molecule has 13 heavy (non-hydrogen) atoms. The zero-order valence-electron chi connectivity index (χ0n) is 8.12. The average Bonchev–Trinajstić information content (AvgIpc) is 2.43. The minimum Gasteiger partial charge on any atom is -0.391 e. The van der Waals surface area contributed by atoms with Gasteiger partial charge in [0.15, 0.2) is 0 Å². The van der Waals surface area contributed by atoms with Crippen molar-refractivity contribution in [2.45, 2.75) is 44.0 Å². The molecule has 1 N–H and O–H groups in total. The molecule has 2 nitrogen and oxygen atoms in total. The molecule has 2 aliphatic heterocycles. The van der Waals surface area contributed by atoms with E-state index in [0.717, 1.165) is 0 Å². The van der Waals surface area contributed by atoms with Crippen molar-refractivity contribution in [3.63, 3.8) is 0 Å². The highest BCUT2D eigenvalue weighted by atomic mass is 35.5. The molecule has 0 aromatic rings. The highest BCUT2D eigenvalue weighted by molar-refractivity contribution is 6.22. The fourth-order valence-electron chi connectivity index (χ4n) is 2.05. The second-order valence-electron chi connectivity index (χ2n) is 4.75. The summed E-state index contributed by atoms with van der Waals surface area (Å²) in [5, 5.41) is 9.64. The molecule has 2 rings (SSSR count). The first-order valence-electron chi connectivity index (χ1n) is 4.57. The van der Waals surface area contributed by atoms with Gasteiger partial charge in [0.25, 0.3) is 0 Å². The van der Waals surface area contributed by atoms with Crippen LogP contribution in [0.15, 0.2) is 12.2 Å². The first-order valence-corrected chi connectivity index (χ1v) is 5.01. The summed E-state index contributed by atoms with van der Waals surface area (Å²) in [6, 6.07) is 0. The normalized spacial score (nSPS) is 52.5. The Morgan fingerprint density at radius 1 is 1.38 bits per heavy atom. The summed E-state index contributed by atoms with van der Waals surface area (Å²) in [6.07, 6.45) is 3.44. The minimum absolute atomic E-state index is 0.0116. The van der Waals surface area contributed by atoms with Gasteiger partial charge in [-0.1, -0.05) is 26.0 Å². The van der Waals surface area contributed by atoms with E-state index in [-0.39, 0.29) is 16.9 Å². The summed E-state index contributed by atoms with van der Waals surface area (Å²) in [4.78, 5) is 0. The molecule has 0 aromatic heterocycles. The molecule has 2 aliphatic rings. The highest BCUT2D eigenvalue weighted by Gasteiger charge is 2.56. The number of aliphatic hydroxyl groups excluding tert-OH is 1. The van der Waals surface area contributed by atoms with Crippen molar-refractivity contribution >= 4 is 11.6 Å². The topological polar surface area (TPSA) is 29.5 Å². The molecule has 0 radical (unpaired) electrons. The number of rotatable bonds is 0. The Bertz CT molecular complexity index is 262. The van der Waals surface area contributed by atoms with E-state index in [1.54, 1.807) is 0 Å². The maximum Gasteiger partial charge on any atom is 0.103 e. The van der Waals surface area contributed by atoms with Crippen LogP contribution in [0.4, 0.5) is 0 Å². The Morgan fingerprint density at radius 2 is 2.00 bits per heavy atom. The van der Waals surface area contributed by atoms with Crippen LogP contribution in [0, 0.1) is 5.41 Å². The van der Waals surface area contributed by atoms with E-state index in [0.29, 0.717) is 0 Å². The number of ether oxygens (including phenoxy) is 1. The van der Waals surface area contributed by atoms with E-state index in [1.165, 1.54) is 0 Å². The van der Waals surface area contributed by atoms with Crippen LogP contribution in [0.5, 0.6) is 0 Å². The molecule has 4 unspecified atom stereocenters. The van der Waals surface area contributed by atoms with E-state index in [4.69, 9.17) is 16.3 Å². The minimum atomic E-state index is -0.520. The number of fused-ring (bicyclic) bond motifs is 2. The molecule has 1 fully saturated rings. The molecular weight excluding hydrogens is 188 g/mol. The predicted octanol–water partition coefficient (Wildman–Crippen LogP) is 1.71. The Labute approximate surface area is 83.5 Å². The zero-order valence-corrected chi connectivity index (χ0v) is 8.88. The number of hydrogen-bond donors (Lipinski definition) is 1. The summed E-state index contributed by atoms with van der Waals surface area (Å²) in [5.41, 5.74) is -0.778. The smallest absolute Gasteiger partial charge is 0.103 e. The van der Waals surface area contributed by atoms with Crippen molar-refractivity contribution in [1.29, 1.82) is 0 Å². The van der Waals surface area contributed by atoms with E-state index < -0.39 is 11.7 Å². The van der Waals surface area contributed by atoms with Gasteiger partial charge in [-0.05, 0) is 6.92 Å². The van der Waals surface area contributed by atoms with Crippen LogP contribution in [0.1, 0.15) is 20.8 Å². The molecule has 1 saturated heterocycles. The Morgan fingerprint density at radius 3 is 2.62 bits per heavy atom. The third-order valence-corrected chi connectivity index (χ3v) is 3.98. The number of hydrogen-bond acceptors (Lipinski definition) is 2. The van der Waals surface area contributed by atoms with Gasteiger partial charge in [0.05, 0.1) is 17.6 Å². The van der Waals surface area contributed by atoms with Gasteiger partial charge in [-0.3, -0.25) is 0 Å². The van der Waals surface area contributed by atoms with Gasteiger partial charge in [-0.25, -0.2) is 0 Å². The van der Waals surface area contributed by atoms with Crippen LogP contribution in [0.2, 0.25) is 0 Å². The van der Waals surface area contributed by atoms with E-state index in [1.807, 2.05) is 32.9 Å². The third kappa shape index (κ3) is 1.09. The standard InChI is InChI=1S/C10H15ClO2/c1-9(2)6-4-5-10(3,13-6)7(11)8(9)12/h4-8,12H,1-3H3. The van der Waals surface area contributed by atoms with Crippen LogP contribution >= 0.6 is 11.6 Å². The number of halogens is 1. The quantitative estimate of drug-likeness (QED) is 0.479. The van der Waals surface area contributed by atoms with Gasteiger partial charge in [0.2, 0.25) is 0 Å². The second-order valence-corrected chi connectivity index (χ2v) is 5.22. The molecule has 4 atom stereocenters. The van der Waals surface area contributed by atoms with Gasteiger partial charge in [0, 0.05) is 5.41 Å². The molecule has 0 saturated carbocycles. The van der Waals surface area contributed by atoms with Crippen LogP contribution in [-0.4, -0.2) is 28.3 Å². The van der Waals surface area contributed by atoms with E-state index >= 15 is 0 Å². The lowest BCUT2D eigenvalue weighted by Gasteiger charge is -2.47. The van der Waals surface area contributed by atoms with Crippen molar-refractivity contribution in [3.8, 4) is 0 Å². The second kappa shape index (κ2) is 2.50. The Balaban J connectivity index is 2.39. The summed E-state index contributed by atoms with van der Waals surface area (Å²) in [6.45, 7) is 5.87. The lowest BCUT2D eigenvalue weighted by molar-refractivity contribution is -0.162. The molecule has 2 heterocycles. The lowest BCUT2D eigenvalue weighted by atomic mass is 9.76. The number of aliphatic hydroxyl groups is 1. The highest BCUT2D eigenvalue weighted by Crippen LogP contribution is 2.48. The largest absolute Gasteiger partial charge is 0.391 e. The molecule has 0 aromatic carbocycles. The van der Waals surface area contributed by atoms with Crippen molar-refractivity contribution in [3.05, 3.63) is 12.2 Å². The van der Waals surface area contributed by atoms with Crippen LogP contribution in [-0.2, 0) is 4.74 Å². The van der Waals surface area contributed by atoms with Crippen LogP contribution < -0.4 is 0 Å². The summed E-state index contributed by atoms with van der Waals surface area (Å²) >= 11 is 6.16. The molecule has 2 bridgehead atoms. The number of alkyl halides is 1. The summed E-state index contributed by atoms with van der Waals surface area (Å²) < 4.78 is 5.78. The summed E-state index contributed by atoms with van der Waals surface area (Å²) in [5.74, 6) is 0. The predicted molar refractivity (Wildman–Crippen MR) is 51.8 cm³/mol. The van der Waals surface area contributed by atoms with Gasteiger partial charge in [-0.2, -0.15) is 0 Å².